The largest absolute Gasteiger partial charge is 0.330 e. The SMILES string of the molecule is NCC1(Cc2scnc2C2CC2)CC1. The predicted molar refractivity (Wildman–Crippen MR) is 58.5 cm³/mol. The molecule has 2 nitrogen and oxygen atoms in total. The number of nitrogens with two attached hydrogens (primary N) is 1. The Morgan fingerprint density at radius 1 is 1.50 bits per heavy atom. The van der Waals surface area contributed by atoms with Crippen molar-refractivity contribution in [1.29, 1.82) is 0 Å². The van der Waals surface area contributed by atoms with Crippen LogP contribution in [0.15, 0.2) is 5.51 Å². The molecule has 1 heterocycles. The highest BCUT2D eigenvalue weighted by atomic mass is 32.1. The van der Waals surface area contributed by atoms with Crippen LogP contribution < -0.4 is 5.73 Å². The van der Waals surface area contributed by atoms with Gasteiger partial charge in [-0.2, -0.15) is 0 Å². The second-order valence-corrected chi connectivity index (χ2v) is 5.76. The smallest absolute Gasteiger partial charge is 0.0797 e. The van der Waals surface area contributed by atoms with Gasteiger partial charge in [-0.3, -0.25) is 0 Å². The standard InChI is InChI=1S/C11H16N2S/c12-6-11(3-4-11)5-9-10(8-1-2-8)13-7-14-9/h7-8H,1-6,12H2. The van der Waals surface area contributed by atoms with Gasteiger partial charge in [0, 0.05) is 10.8 Å². The van der Waals surface area contributed by atoms with Gasteiger partial charge >= 0.3 is 0 Å². The molecule has 2 saturated carbocycles. The average molecular weight is 208 g/mol. The van der Waals surface area contributed by atoms with E-state index in [1.807, 2.05) is 16.8 Å². The minimum absolute atomic E-state index is 0.468. The fraction of sp³-hybridized carbons (Fsp3) is 0.727. The van der Waals surface area contributed by atoms with E-state index in [9.17, 15) is 0 Å². The molecule has 1 aromatic rings. The van der Waals surface area contributed by atoms with Crippen LogP contribution in [0.25, 0.3) is 0 Å². The summed E-state index contributed by atoms with van der Waals surface area (Å²) in [6, 6.07) is 0. The zero-order valence-corrected chi connectivity index (χ0v) is 9.15. The molecule has 2 N–H and O–H groups in total. The van der Waals surface area contributed by atoms with Crippen LogP contribution in [0.3, 0.4) is 0 Å². The second-order valence-electron chi connectivity index (χ2n) is 4.82. The van der Waals surface area contributed by atoms with Crippen molar-refractivity contribution in [3.8, 4) is 0 Å². The van der Waals surface area contributed by atoms with E-state index in [2.05, 4.69) is 4.98 Å². The Balaban J connectivity index is 1.78. The maximum Gasteiger partial charge on any atom is 0.0797 e. The molecule has 2 aliphatic carbocycles. The van der Waals surface area contributed by atoms with Gasteiger partial charge in [0.15, 0.2) is 0 Å². The molecule has 0 amide bonds. The van der Waals surface area contributed by atoms with E-state index in [-0.39, 0.29) is 0 Å². The van der Waals surface area contributed by atoms with Crippen molar-refractivity contribution in [3.05, 3.63) is 16.1 Å². The number of thiazole rings is 1. The fourth-order valence-corrected chi connectivity index (χ4v) is 3.09. The highest BCUT2D eigenvalue weighted by Crippen LogP contribution is 2.50. The highest BCUT2D eigenvalue weighted by molar-refractivity contribution is 7.09. The first kappa shape index (κ1) is 8.86. The Morgan fingerprint density at radius 3 is 2.86 bits per heavy atom. The summed E-state index contributed by atoms with van der Waals surface area (Å²) in [6.45, 7) is 0.856. The van der Waals surface area contributed by atoms with E-state index in [4.69, 9.17) is 5.73 Å². The maximum absolute atomic E-state index is 5.81. The van der Waals surface area contributed by atoms with Crippen molar-refractivity contribution < 1.29 is 0 Å². The van der Waals surface area contributed by atoms with Gasteiger partial charge in [0.2, 0.25) is 0 Å². The quantitative estimate of drug-likeness (QED) is 0.824. The van der Waals surface area contributed by atoms with Gasteiger partial charge < -0.3 is 5.73 Å². The lowest BCUT2D eigenvalue weighted by Crippen LogP contribution is -2.17. The Labute approximate surface area is 88.5 Å². The zero-order valence-electron chi connectivity index (χ0n) is 8.33. The molecule has 0 radical (unpaired) electrons. The molecular weight excluding hydrogens is 192 g/mol. The minimum Gasteiger partial charge on any atom is -0.330 e. The van der Waals surface area contributed by atoms with E-state index < -0.39 is 0 Å². The van der Waals surface area contributed by atoms with Crippen molar-refractivity contribution >= 4 is 11.3 Å². The first-order chi connectivity index (χ1) is 6.83. The molecule has 76 valence electrons. The molecule has 3 rings (SSSR count). The van der Waals surface area contributed by atoms with E-state index in [1.165, 1.54) is 42.7 Å². The number of rotatable bonds is 4. The van der Waals surface area contributed by atoms with E-state index >= 15 is 0 Å². The zero-order chi connectivity index (χ0) is 9.60. The molecule has 0 unspecified atom stereocenters. The Morgan fingerprint density at radius 2 is 2.29 bits per heavy atom. The summed E-state index contributed by atoms with van der Waals surface area (Å²) in [5.41, 5.74) is 9.69. The summed E-state index contributed by atoms with van der Waals surface area (Å²) in [5.74, 6) is 0.796. The maximum atomic E-state index is 5.81. The molecule has 2 aliphatic rings. The van der Waals surface area contributed by atoms with Crippen LogP contribution in [0.4, 0.5) is 0 Å². The summed E-state index contributed by atoms with van der Waals surface area (Å²) in [4.78, 5) is 6.03. The monoisotopic (exact) mass is 208 g/mol. The van der Waals surface area contributed by atoms with Gasteiger partial charge in [-0.25, -0.2) is 4.98 Å². The number of hydrogen-bond donors (Lipinski definition) is 1. The van der Waals surface area contributed by atoms with Crippen molar-refractivity contribution in [3.63, 3.8) is 0 Å². The van der Waals surface area contributed by atoms with Gasteiger partial charge in [-0.15, -0.1) is 11.3 Å². The number of hydrogen-bond acceptors (Lipinski definition) is 3. The molecular formula is C11H16N2S. The van der Waals surface area contributed by atoms with Crippen molar-refractivity contribution in [2.75, 3.05) is 6.54 Å². The van der Waals surface area contributed by atoms with Gasteiger partial charge in [0.25, 0.3) is 0 Å². The first-order valence-corrected chi connectivity index (χ1v) is 6.33. The molecule has 2 fully saturated rings. The minimum atomic E-state index is 0.468. The van der Waals surface area contributed by atoms with Crippen LogP contribution in [-0.4, -0.2) is 11.5 Å². The number of nitrogens with zero attached hydrogens (tertiary/aromatic N) is 1. The van der Waals surface area contributed by atoms with E-state index in [1.54, 1.807) is 0 Å². The fourth-order valence-electron chi connectivity index (χ4n) is 2.07. The third-order valence-corrected chi connectivity index (χ3v) is 4.41. The molecule has 0 atom stereocenters. The molecule has 0 spiro atoms. The summed E-state index contributed by atoms with van der Waals surface area (Å²) in [6.07, 6.45) is 6.55. The van der Waals surface area contributed by atoms with Crippen LogP contribution in [0.2, 0.25) is 0 Å². The Kier molecular flexibility index (Phi) is 1.92. The van der Waals surface area contributed by atoms with E-state index in [0.717, 1.165) is 12.5 Å². The normalized spacial score (nSPS) is 23.8. The van der Waals surface area contributed by atoms with Crippen LogP contribution in [0, 0.1) is 5.41 Å². The average Bonchev–Trinajstić information content (AvgIpc) is 3.09. The summed E-state index contributed by atoms with van der Waals surface area (Å²) in [5, 5.41) is 0. The van der Waals surface area contributed by atoms with Gasteiger partial charge in [-0.1, -0.05) is 0 Å². The first-order valence-electron chi connectivity index (χ1n) is 5.45. The molecule has 1 aromatic heterocycles. The molecule has 0 aromatic carbocycles. The third-order valence-electron chi connectivity index (χ3n) is 3.56. The highest BCUT2D eigenvalue weighted by Gasteiger charge is 2.42. The lowest BCUT2D eigenvalue weighted by Gasteiger charge is -2.11. The van der Waals surface area contributed by atoms with Crippen LogP contribution >= 0.6 is 11.3 Å². The van der Waals surface area contributed by atoms with Crippen molar-refractivity contribution in [2.45, 2.75) is 38.0 Å². The van der Waals surface area contributed by atoms with Gasteiger partial charge in [0.05, 0.1) is 11.2 Å². The number of aromatic nitrogens is 1. The summed E-state index contributed by atoms with van der Waals surface area (Å²) >= 11 is 1.83. The Hall–Kier alpha value is -0.410. The van der Waals surface area contributed by atoms with E-state index in [0.29, 0.717) is 5.41 Å². The molecule has 3 heteroatoms. The molecule has 14 heavy (non-hydrogen) atoms. The third kappa shape index (κ3) is 1.48. The predicted octanol–water partition coefficient (Wildman–Crippen LogP) is 2.30. The molecule has 0 saturated heterocycles. The van der Waals surface area contributed by atoms with Crippen molar-refractivity contribution in [1.82, 2.24) is 4.98 Å². The van der Waals surface area contributed by atoms with Gasteiger partial charge in [-0.05, 0) is 44.1 Å². The van der Waals surface area contributed by atoms with Crippen molar-refractivity contribution in [2.24, 2.45) is 11.1 Å². The summed E-state index contributed by atoms with van der Waals surface area (Å²) < 4.78 is 0. The second kappa shape index (κ2) is 3.04. The molecule has 0 bridgehead atoms. The lowest BCUT2D eigenvalue weighted by atomic mass is 10.0. The molecule has 0 aliphatic heterocycles. The topological polar surface area (TPSA) is 38.9 Å². The van der Waals surface area contributed by atoms with Crippen LogP contribution in [0.1, 0.15) is 42.2 Å². The van der Waals surface area contributed by atoms with Crippen LogP contribution in [-0.2, 0) is 6.42 Å². The summed E-state index contributed by atoms with van der Waals surface area (Å²) in [7, 11) is 0. The van der Waals surface area contributed by atoms with Gasteiger partial charge in [0.1, 0.15) is 0 Å². The lowest BCUT2D eigenvalue weighted by molar-refractivity contribution is 0.523. The Bertz CT molecular complexity index is 337. The van der Waals surface area contributed by atoms with Crippen LogP contribution in [0.5, 0.6) is 0 Å².